The zero-order valence-electron chi connectivity index (χ0n) is 11.1. The van der Waals surface area contributed by atoms with Gasteiger partial charge in [-0.15, -0.1) is 0 Å². The smallest absolute Gasteiger partial charge is 0.258 e. The van der Waals surface area contributed by atoms with Crippen LogP contribution < -0.4 is 10.9 Å². The molecular weight excluding hydrogens is 226 g/mol. The van der Waals surface area contributed by atoms with Gasteiger partial charge in [-0.1, -0.05) is 19.1 Å². The zero-order valence-corrected chi connectivity index (χ0v) is 11.1. The number of quaternary nitrogens is 1. The molecule has 4 nitrogen and oxygen atoms in total. The van der Waals surface area contributed by atoms with Gasteiger partial charge in [0.2, 0.25) is 0 Å². The van der Waals surface area contributed by atoms with Crippen molar-refractivity contribution in [3.05, 3.63) is 40.4 Å². The molecule has 0 amide bonds. The fourth-order valence-corrected chi connectivity index (χ4v) is 2.04. The van der Waals surface area contributed by atoms with Crippen molar-refractivity contribution < 1.29 is 5.32 Å². The Hall–Kier alpha value is -1.68. The third kappa shape index (κ3) is 2.59. The highest BCUT2D eigenvalue weighted by Gasteiger charge is 2.15. The second-order valence-corrected chi connectivity index (χ2v) is 4.83. The first-order valence-corrected chi connectivity index (χ1v) is 6.45. The Balaban J connectivity index is 2.37. The van der Waals surface area contributed by atoms with Crippen LogP contribution in [0.5, 0.6) is 0 Å². The lowest BCUT2D eigenvalue weighted by Crippen LogP contribution is -2.89. The molecule has 0 aliphatic rings. The lowest BCUT2D eigenvalue weighted by atomic mass is 10.2. The minimum Gasteiger partial charge on any atom is -0.336 e. The molecule has 1 aromatic carbocycles. The summed E-state index contributed by atoms with van der Waals surface area (Å²) in [6, 6.07) is 8.13. The Bertz CT molecular complexity index is 591. The largest absolute Gasteiger partial charge is 0.336 e. The average molecular weight is 246 g/mol. The molecule has 2 atom stereocenters. The number of aromatic amines is 1. The molecule has 18 heavy (non-hydrogen) atoms. The molecule has 2 rings (SSSR count). The maximum Gasteiger partial charge on any atom is 0.258 e. The average Bonchev–Trinajstić information content (AvgIpc) is 2.38. The summed E-state index contributed by atoms with van der Waals surface area (Å²) in [5, 5.41) is 2.88. The Morgan fingerprint density at radius 2 is 2.06 bits per heavy atom. The Labute approximate surface area is 106 Å². The first kappa shape index (κ1) is 12.8. The van der Waals surface area contributed by atoms with Crippen LogP contribution in [0.4, 0.5) is 0 Å². The number of fused-ring (bicyclic) bond motifs is 1. The molecule has 1 heterocycles. The summed E-state index contributed by atoms with van der Waals surface area (Å²) in [6.07, 6.45) is 1.10. The number of nitrogens with zero attached hydrogens (tertiary/aromatic N) is 1. The summed E-state index contributed by atoms with van der Waals surface area (Å²) in [6.45, 7) is 6.40. The zero-order chi connectivity index (χ0) is 13.1. The van der Waals surface area contributed by atoms with E-state index in [9.17, 15) is 4.79 Å². The van der Waals surface area contributed by atoms with E-state index in [4.69, 9.17) is 0 Å². The van der Waals surface area contributed by atoms with E-state index in [0.29, 0.717) is 11.4 Å². The van der Waals surface area contributed by atoms with Crippen molar-refractivity contribution >= 4 is 10.9 Å². The normalized spacial score (nSPS) is 14.6. The van der Waals surface area contributed by atoms with E-state index in [1.54, 1.807) is 6.07 Å². The molecule has 0 bridgehead atoms. The maximum atomic E-state index is 11.9. The molecule has 0 spiro atoms. The predicted molar refractivity (Wildman–Crippen MR) is 72.5 cm³/mol. The van der Waals surface area contributed by atoms with Gasteiger partial charge in [0, 0.05) is 0 Å². The van der Waals surface area contributed by atoms with E-state index in [1.165, 1.54) is 0 Å². The standard InChI is InChI=1S/C14H19N3O/c1-4-9(2)15-10(3)13-16-12-8-6-5-7-11(12)14(18)17-13/h5-10,15H,4H2,1-3H3,(H,16,17,18)/p+1/t9-,10+/m0/s1. The van der Waals surface area contributed by atoms with Crippen LogP contribution in [0.15, 0.2) is 29.1 Å². The topological polar surface area (TPSA) is 62.4 Å². The van der Waals surface area contributed by atoms with E-state index in [1.807, 2.05) is 18.2 Å². The van der Waals surface area contributed by atoms with Gasteiger partial charge < -0.3 is 10.3 Å². The summed E-state index contributed by atoms with van der Waals surface area (Å²) in [7, 11) is 0. The lowest BCUT2D eigenvalue weighted by molar-refractivity contribution is -0.723. The number of hydrogen-bond acceptors (Lipinski definition) is 2. The first-order valence-electron chi connectivity index (χ1n) is 6.45. The fraction of sp³-hybridized carbons (Fsp3) is 0.429. The van der Waals surface area contributed by atoms with Crippen molar-refractivity contribution in [3.8, 4) is 0 Å². The van der Waals surface area contributed by atoms with Crippen LogP contribution in [0.1, 0.15) is 39.1 Å². The minimum atomic E-state index is -0.0556. The van der Waals surface area contributed by atoms with Gasteiger partial charge >= 0.3 is 0 Å². The van der Waals surface area contributed by atoms with Crippen LogP contribution in [-0.4, -0.2) is 16.0 Å². The molecule has 0 saturated carbocycles. The number of para-hydroxylation sites is 1. The fourth-order valence-electron chi connectivity index (χ4n) is 2.04. The highest BCUT2D eigenvalue weighted by molar-refractivity contribution is 5.77. The van der Waals surface area contributed by atoms with Crippen LogP contribution in [0, 0.1) is 0 Å². The van der Waals surface area contributed by atoms with Crippen LogP contribution in [0.25, 0.3) is 10.9 Å². The Kier molecular flexibility index (Phi) is 3.77. The second kappa shape index (κ2) is 5.31. The van der Waals surface area contributed by atoms with Gasteiger partial charge in [0.1, 0.15) is 6.04 Å². The second-order valence-electron chi connectivity index (χ2n) is 4.83. The molecule has 0 radical (unpaired) electrons. The minimum absolute atomic E-state index is 0.0556. The van der Waals surface area contributed by atoms with E-state index in [0.717, 1.165) is 17.8 Å². The van der Waals surface area contributed by atoms with Gasteiger partial charge in [-0.3, -0.25) is 4.79 Å². The van der Waals surface area contributed by atoms with Crippen LogP contribution in [-0.2, 0) is 0 Å². The third-order valence-electron chi connectivity index (χ3n) is 3.32. The maximum absolute atomic E-state index is 11.9. The number of H-pyrrole nitrogens is 1. The molecule has 0 aliphatic carbocycles. The molecular formula is C14H20N3O+. The molecule has 96 valence electrons. The van der Waals surface area contributed by atoms with E-state index in [-0.39, 0.29) is 11.6 Å². The van der Waals surface area contributed by atoms with Crippen molar-refractivity contribution in [3.63, 3.8) is 0 Å². The van der Waals surface area contributed by atoms with Gasteiger partial charge in [0.15, 0.2) is 5.82 Å². The molecule has 2 aromatic rings. The van der Waals surface area contributed by atoms with E-state index >= 15 is 0 Å². The van der Waals surface area contributed by atoms with E-state index in [2.05, 4.69) is 36.1 Å². The third-order valence-corrected chi connectivity index (χ3v) is 3.32. The summed E-state index contributed by atoms with van der Waals surface area (Å²) >= 11 is 0. The van der Waals surface area contributed by atoms with Crippen molar-refractivity contribution in [2.24, 2.45) is 0 Å². The molecule has 1 aromatic heterocycles. The lowest BCUT2D eigenvalue weighted by Gasteiger charge is -2.14. The summed E-state index contributed by atoms with van der Waals surface area (Å²) in [5.74, 6) is 0.749. The molecule has 0 saturated heterocycles. The van der Waals surface area contributed by atoms with Crippen molar-refractivity contribution in [1.82, 2.24) is 9.97 Å². The predicted octanol–water partition coefficient (Wildman–Crippen LogP) is 1.35. The van der Waals surface area contributed by atoms with Gasteiger partial charge in [-0.25, -0.2) is 4.98 Å². The molecule has 3 N–H and O–H groups in total. The summed E-state index contributed by atoms with van der Waals surface area (Å²) in [5.41, 5.74) is 0.709. The number of nitrogens with one attached hydrogen (secondary N) is 1. The van der Waals surface area contributed by atoms with Gasteiger partial charge in [0.05, 0.1) is 16.9 Å². The SMILES string of the molecule is CC[C@H](C)[NH2+][C@H](C)c1nc2ccccc2c(=O)[nH]1. The van der Waals surface area contributed by atoms with Crippen LogP contribution >= 0.6 is 0 Å². The molecule has 0 unspecified atom stereocenters. The summed E-state index contributed by atoms with van der Waals surface area (Å²) < 4.78 is 0. The number of aromatic nitrogens is 2. The van der Waals surface area contributed by atoms with Crippen molar-refractivity contribution in [2.75, 3.05) is 0 Å². The van der Waals surface area contributed by atoms with Gasteiger partial charge in [0.25, 0.3) is 5.56 Å². The Morgan fingerprint density at radius 3 is 2.78 bits per heavy atom. The first-order chi connectivity index (χ1) is 8.61. The molecule has 0 aliphatic heterocycles. The summed E-state index contributed by atoms with van der Waals surface area (Å²) in [4.78, 5) is 19.4. The van der Waals surface area contributed by atoms with Gasteiger partial charge in [-0.2, -0.15) is 0 Å². The van der Waals surface area contributed by atoms with Crippen molar-refractivity contribution in [1.29, 1.82) is 0 Å². The highest BCUT2D eigenvalue weighted by Crippen LogP contribution is 2.08. The van der Waals surface area contributed by atoms with Crippen LogP contribution in [0.2, 0.25) is 0 Å². The van der Waals surface area contributed by atoms with E-state index < -0.39 is 0 Å². The number of hydrogen-bond donors (Lipinski definition) is 2. The Morgan fingerprint density at radius 1 is 1.33 bits per heavy atom. The number of nitrogens with two attached hydrogens (primary N) is 1. The van der Waals surface area contributed by atoms with Gasteiger partial charge in [-0.05, 0) is 32.4 Å². The monoisotopic (exact) mass is 246 g/mol. The number of rotatable bonds is 4. The van der Waals surface area contributed by atoms with Crippen molar-refractivity contribution in [2.45, 2.75) is 39.3 Å². The quantitative estimate of drug-likeness (QED) is 0.855. The van der Waals surface area contributed by atoms with Crippen LogP contribution in [0.3, 0.4) is 0 Å². The molecule has 4 heteroatoms. The molecule has 0 fully saturated rings. The number of benzene rings is 1. The highest BCUT2D eigenvalue weighted by atomic mass is 16.1.